The highest BCUT2D eigenvalue weighted by molar-refractivity contribution is 7.99. The summed E-state index contributed by atoms with van der Waals surface area (Å²) in [5, 5.41) is 10.4. The van der Waals surface area contributed by atoms with Crippen molar-refractivity contribution in [1.29, 1.82) is 0 Å². The topological polar surface area (TPSA) is 114 Å². The maximum Gasteiger partial charge on any atom is 0.269 e. The Balaban J connectivity index is 2.41. The van der Waals surface area contributed by atoms with E-state index in [1.165, 1.54) is 0 Å². The van der Waals surface area contributed by atoms with E-state index in [4.69, 9.17) is 10.5 Å². The highest BCUT2D eigenvalue weighted by Gasteiger charge is 2.23. The molecule has 1 aromatic carbocycles. The summed E-state index contributed by atoms with van der Waals surface area (Å²) in [7, 11) is 0. The highest BCUT2D eigenvalue weighted by atomic mass is 32.2. The Morgan fingerprint density at radius 1 is 1.23 bits per heavy atom. The first-order valence-electron chi connectivity index (χ1n) is 8.73. The van der Waals surface area contributed by atoms with Crippen molar-refractivity contribution in [2.45, 2.75) is 51.0 Å². The van der Waals surface area contributed by atoms with Crippen molar-refractivity contribution < 1.29 is 19.4 Å². The molecule has 0 aliphatic heterocycles. The number of nitrogens with two attached hydrogens (primary N) is 1. The predicted molar refractivity (Wildman–Crippen MR) is 104 cm³/mol. The van der Waals surface area contributed by atoms with Crippen molar-refractivity contribution in [3.05, 3.63) is 29.8 Å². The smallest absolute Gasteiger partial charge is 0.269 e. The Morgan fingerprint density at radius 3 is 2.46 bits per heavy atom. The number of nitrogens with one attached hydrogen (secondary N) is 2. The van der Waals surface area contributed by atoms with Gasteiger partial charge in [0.05, 0.1) is 6.61 Å². The molecule has 0 saturated carbocycles. The van der Waals surface area contributed by atoms with Crippen LogP contribution in [0.15, 0.2) is 24.3 Å². The van der Waals surface area contributed by atoms with Crippen molar-refractivity contribution in [3.8, 4) is 5.75 Å². The predicted octanol–water partition coefficient (Wildman–Crippen LogP) is 1.46. The van der Waals surface area contributed by atoms with Crippen LogP contribution in [0.25, 0.3) is 0 Å². The highest BCUT2D eigenvalue weighted by Crippen LogP contribution is 2.13. The second-order valence-electron chi connectivity index (χ2n) is 6.13. The molecule has 0 fully saturated rings. The van der Waals surface area contributed by atoms with Crippen LogP contribution < -0.4 is 21.3 Å². The maximum absolute atomic E-state index is 12.0. The number of hydrazine groups is 1. The molecule has 1 rings (SSSR count). The minimum absolute atomic E-state index is 0.362. The third-order valence-electron chi connectivity index (χ3n) is 3.47. The molecule has 0 aliphatic carbocycles. The first-order chi connectivity index (χ1) is 12.3. The molecule has 2 atom stereocenters. The van der Waals surface area contributed by atoms with Crippen LogP contribution in [0.1, 0.15) is 44.0 Å². The molecule has 0 heterocycles. The molecule has 8 heteroatoms. The summed E-state index contributed by atoms with van der Waals surface area (Å²) >= 11 is 1.71. The number of carbonyl (C=O) groups is 2. The Bertz CT molecular complexity index is 566. The lowest BCUT2D eigenvalue weighted by Gasteiger charge is -2.18. The number of ether oxygens (including phenoxy) is 1. The van der Waals surface area contributed by atoms with E-state index in [1.807, 2.05) is 6.92 Å². The van der Waals surface area contributed by atoms with E-state index in [-0.39, 0.29) is 0 Å². The summed E-state index contributed by atoms with van der Waals surface area (Å²) < 4.78 is 5.44. The number of benzene rings is 1. The van der Waals surface area contributed by atoms with Crippen molar-refractivity contribution in [2.24, 2.45) is 5.73 Å². The number of rotatable bonds is 10. The van der Waals surface area contributed by atoms with Gasteiger partial charge < -0.3 is 15.6 Å². The third-order valence-corrected chi connectivity index (χ3v) is 4.60. The second kappa shape index (κ2) is 11.8. The molecule has 0 saturated heterocycles. The average molecular weight is 384 g/mol. The van der Waals surface area contributed by atoms with Gasteiger partial charge >= 0.3 is 0 Å². The van der Waals surface area contributed by atoms with Crippen molar-refractivity contribution >= 4 is 23.6 Å². The van der Waals surface area contributed by atoms with E-state index in [0.29, 0.717) is 29.6 Å². The standard InChI is InChI=1S/C18H29N3O4S/c1-4-10-25-14-7-5-13(6-8-14)17(23)20-21-18(24)16(22)15(19)9-11-26-12(2)3/h5-8,12,15-16,22H,4,9-11,19H2,1-3H3,(H,20,23)(H,21,24)/t15-,16?/m1/s1. The zero-order valence-electron chi connectivity index (χ0n) is 15.5. The summed E-state index contributed by atoms with van der Waals surface area (Å²) in [4.78, 5) is 23.9. The van der Waals surface area contributed by atoms with Crippen LogP contribution in [0.3, 0.4) is 0 Å². The van der Waals surface area contributed by atoms with E-state index in [9.17, 15) is 14.7 Å². The van der Waals surface area contributed by atoms with Gasteiger partial charge in [0, 0.05) is 11.6 Å². The molecular weight excluding hydrogens is 354 g/mol. The molecule has 5 N–H and O–H groups in total. The Morgan fingerprint density at radius 2 is 1.88 bits per heavy atom. The molecule has 0 aliphatic rings. The number of thioether (sulfide) groups is 1. The Labute approximate surface area is 159 Å². The summed E-state index contributed by atoms with van der Waals surface area (Å²) in [6.07, 6.45) is 0.0207. The lowest BCUT2D eigenvalue weighted by molar-refractivity contribution is -0.131. The van der Waals surface area contributed by atoms with Crippen LogP contribution in [0.4, 0.5) is 0 Å². The van der Waals surface area contributed by atoms with Gasteiger partial charge in [-0.1, -0.05) is 20.8 Å². The largest absolute Gasteiger partial charge is 0.494 e. The van der Waals surface area contributed by atoms with Gasteiger partial charge in [0.2, 0.25) is 0 Å². The van der Waals surface area contributed by atoms with E-state index in [1.54, 1.807) is 36.0 Å². The van der Waals surface area contributed by atoms with Crippen LogP contribution in [0.2, 0.25) is 0 Å². The van der Waals surface area contributed by atoms with Crippen LogP contribution in [-0.4, -0.2) is 46.7 Å². The normalized spacial score (nSPS) is 13.2. The molecule has 146 valence electrons. The fourth-order valence-electron chi connectivity index (χ4n) is 1.98. The molecule has 26 heavy (non-hydrogen) atoms. The van der Waals surface area contributed by atoms with E-state index >= 15 is 0 Å². The van der Waals surface area contributed by atoms with E-state index in [2.05, 4.69) is 24.7 Å². The van der Waals surface area contributed by atoms with Gasteiger partial charge in [-0.05, 0) is 48.1 Å². The first-order valence-corrected chi connectivity index (χ1v) is 9.78. The molecule has 0 bridgehead atoms. The monoisotopic (exact) mass is 383 g/mol. The third kappa shape index (κ3) is 8.07. The minimum atomic E-state index is -1.38. The quantitative estimate of drug-likeness (QED) is 0.455. The van der Waals surface area contributed by atoms with Crippen LogP contribution in [0.5, 0.6) is 5.75 Å². The zero-order valence-corrected chi connectivity index (χ0v) is 16.3. The SMILES string of the molecule is CCCOc1ccc(C(=O)NNC(=O)C(O)[C@H](N)CCSC(C)C)cc1. The second-order valence-corrected chi connectivity index (χ2v) is 7.82. The van der Waals surface area contributed by atoms with Gasteiger partial charge in [0.15, 0.2) is 0 Å². The molecule has 0 aromatic heterocycles. The van der Waals surface area contributed by atoms with Gasteiger partial charge in [-0.3, -0.25) is 20.4 Å². The van der Waals surface area contributed by atoms with E-state index in [0.717, 1.165) is 12.2 Å². The molecule has 0 radical (unpaired) electrons. The maximum atomic E-state index is 12.0. The fraction of sp³-hybridized carbons (Fsp3) is 0.556. The lowest BCUT2D eigenvalue weighted by Crippen LogP contribution is -2.52. The number of hydrogen-bond donors (Lipinski definition) is 4. The minimum Gasteiger partial charge on any atom is -0.494 e. The van der Waals surface area contributed by atoms with Crippen molar-refractivity contribution in [2.75, 3.05) is 12.4 Å². The number of carbonyl (C=O) groups excluding carboxylic acids is 2. The van der Waals surface area contributed by atoms with Crippen LogP contribution in [-0.2, 0) is 4.79 Å². The molecule has 2 amide bonds. The van der Waals surface area contributed by atoms with Gasteiger partial charge in [-0.15, -0.1) is 0 Å². The fourth-order valence-corrected chi connectivity index (χ4v) is 2.86. The molecule has 7 nitrogen and oxygen atoms in total. The van der Waals surface area contributed by atoms with Gasteiger partial charge in [-0.2, -0.15) is 11.8 Å². The lowest BCUT2D eigenvalue weighted by atomic mass is 10.1. The van der Waals surface area contributed by atoms with Crippen LogP contribution in [0, 0.1) is 0 Å². The van der Waals surface area contributed by atoms with Gasteiger partial charge in [0.25, 0.3) is 11.8 Å². The Kier molecular flexibility index (Phi) is 10.1. The number of aliphatic hydroxyl groups excluding tert-OH is 1. The molecule has 1 unspecified atom stereocenters. The van der Waals surface area contributed by atoms with Crippen LogP contribution >= 0.6 is 11.8 Å². The number of amides is 2. The molecule has 0 spiro atoms. The van der Waals surface area contributed by atoms with Crippen molar-refractivity contribution in [1.82, 2.24) is 10.9 Å². The summed E-state index contributed by atoms with van der Waals surface area (Å²) in [6.45, 7) is 6.75. The zero-order chi connectivity index (χ0) is 19.5. The number of hydrogen-bond acceptors (Lipinski definition) is 6. The summed E-state index contributed by atoms with van der Waals surface area (Å²) in [6, 6.07) is 5.87. The number of aliphatic hydroxyl groups is 1. The molecular formula is C18H29N3O4S. The summed E-state index contributed by atoms with van der Waals surface area (Å²) in [5.41, 5.74) is 10.7. The molecule has 1 aromatic rings. The van der Waals surface area contributed by atoms with Crippen molar-refractivity contribution in [3.63, 3.8) is 0 Å². The van der Waals surface area contributed by atoms with Gasteiger partial charge in [0.1, 0.15) is 11.9 Å². The first kappa shape index (κ1) is 22.3. The summed E-state index contributed by atoms with van der Waals surface area (Å²) in [5.74, 6) is 0.204. The Hall–Kier alpha value is -1.77. The van der Waals surface area contributed by atoms with E-state index < -0.39 is 24.0 Å². The van der Waals surface area contributed by atoms with Gasteiger partial charge in [-0.25, -0.2) is 0 Å². The average Bonchev–Trinajstić information content (AvgIpc) is 2.63.